The number of ether oxygens (including phenoxy) is 5. The smallest absolute Gasteiger partial charge is 0.302 e. The molecule has 0 radical (unpaired) electrons. The van der Waals surface area contributed by atoms with Gasteiger partial charge in [-0.3, -0.25) is 4.79 Å². The maximum Gasteiger partial charge on any atom is 0.302 e. The lowest BCUT2D eigenvalue weighted by Gasteiger charge is -2.45. The van der Waals surface area contributed by atoms with Gasteiger partial charge in [-0.2, -0.15) is 0 Å². The summed E-state index contributed by atoms with van der Waals surface area (Å²) in [6.45, 7) is 4.59. The van der Waals surface area contributed by atoms with Crippen molar-refractivity contribution >= 4 is 17.7 Å². The quantitative estimate of drug-likeness (QED) is 0.152. The van der Waals surface area contributed by atoms with E-state index in [0.717, 1.165) is 21.6 Å². The van der Waals surface area contributed by atoms with Crippen LogP contribution >= 0.6 is 11.8 Å². The van der Waals surface area contributed by atoms with Crippen molar-refractivity contribution in [1.82, 2.24) is 0 Å². The molecule has 4 aromatic carbocycles. The molecule has 1 aliphatic rings. The Morgan fingerprint density at radius 2 is 1.12 bits per heavy atom. The van der Waals surface area contributed by atoms with Crippen molar-refractivity contribution in [2.45, 2.75) is 68.4 Å². The summed E-state index contributed by atoms with van der Waals surface area (Å²) in [5, 5.41) is 0. The molecule has 5 atom stereocenters. The summed E-state index contributed by atoms with van der Waals surface area (Å²) in [5.74, 6) is -0.377. The van der Waals surface area contributed by atoms with Gasteiger partial charge in [0.1, 0.15) is 36.5 Å². The summed E-state index contributed by atoms with van der Waals surface area (Å²) in [6, 6.07) is 38.4. The number of carbonyl (C=O) groups excluding carboxylic acids is 1. The summed E-state index contributed by atoms with van der Waals surface area (Å²) in [7, 11) is 0. The Morgan fingerprint density at radius 1 is 0.651 bits per heavy atom. The molecule has 4 aromatic rings. The van der Waals surface area contributed by atoms with Crippen molar-refractivity contribution in [2.24, 2.45) is 0 Å². The molecule has 6 nitrogen and oxygen atoms in total. The van der Waals surface area contributed by atoms with Gasteiger partial charge >= 0.3 is 5.97 Å². The predicted molar refractivity (Wildman–Crippen MR) is 167 cm³/mol. The molecule has 7 heteroatoms. The van der Waals surface area contributed by atoms with Gasteiger partial charge < -0.3 is 23.7 Å². The fourth-order valence-corrected chi connectivity index (χ4v) is 6.05. The van der Waals surface area contributed by atoms with Crippen LogP contribution in [0.2, 0.25) is 0 Å². The standard InChI is InChI=1S/C36H38O6S/c1-26-18-20-31(21-19-26)43-36-35(41-24-30-16-10-5-11-17-30)34(40-23-29-14-8-4-9-15-29)33(32(42-36)25-38-27(2)37)39-22-28-12-6-3-7-13-28/h3-21,32-36H,22-25H2,1-2H3/t32-,33+,34+,35-,36+/m1/s1. The lowest BCUT2D eigenvalue weighted by Crippen LogP contribution is -2.60. The molecule has 0 unspecified atom stereocenters. The first kappa shape index (κ1) is 31.0. The Bertz CT molecular complexity index is 1380. The minimum atomic E-state index is -0.576. The van der Waals surface area contributed by atoms with Gasteiger partial charge in [-0.05, 0) is 35.7 Å². The van der Waals surface area contributed by atoms with E-state index in [-0.39, 0.29) is 12.6 Å². The van der Waals surface area contributed by atoms with Crippen LogP contribution in [0.1, 0.15) is 29.2 Å². The van der Waals surface area contributed by atoms with Crippen LogP contribution < -0.4 is 0 Å². The van der Waals surface area contributed by atoms with E-state index in [1.165, 1.54) is 12.5 Å². The Morgan fingerprint density at radius 3 is 1.60 bits per heavy atom. The SMILES string of the molecule is CC(=O)OC[C@H]1O[C@@H](Sc2ccc(C)cc2)[C@H](OCc2ccccc2)[C@@H](OCc2ccccc2)[C@H]1OCc1ccccc1. The summed E-state index contributed by atoms with van der Waals surface area (Å²) >= 11 is 1.57. The molecule has 0 N–H and O–H groups in total. The minimum Gasteiger partial charge on any atom is -0.463 e. The van der Waals surface area contributed by atoms with E-state index >= 15 is 0 Å². The van der Waals surface area contributed by atoms with E-state index in [1.54, 1.807) is 11.8 Å². The largest absolute Gasteiger partial charge is 0.463 e. The van der Waals surface area contributed by atoms with Gasteiger partial charge in [-0.25, -0.2) is 0 Å². The Labute approximate surface area is 258 Å². The van der Waals surface area contributed by atoms with E-state index in [2.05, 4.69) is 31.2 Å². The lowest BCUT2D eigenvalue weighted by atomic mass is 9.99. The maximum absolute atomic E-state index is 11.9. The highest BCUT2D eigenvalue weighted by Gasteiger charge is 2.49. The topological polar surface area (TPSA) is 63.2 Å². The molecule has 0 amide bonds. The Hall–Kier alpha value is -3.46. The van der Waals surface area contributed by atoms with Crippen LogP contribution in [0.3, 0.4) is 0 Å². The molecular weight excluding hydrogens is 560 g/mol. The van der Waals surface area contributed by atoms with Gasteiger partial charge in [-0.1, -0.05) is 120 Å². The molecule has 0 aliphatic carbocycles. The second-order valence-electron chi connectivity index (χ2n) is 10.6. The van der Waals surface area contributed by atoms with Crippen molar-refractivity contribution in [3.8, 4) is 0 Å². The molecule has 224 valence electrons. The number of carbonyl (C=O) groups is 1. The molecule has 5 rings (SSSR count). The number of thioether (sulfide) groups is 1. The minimum absolute atomic E-state index is 0.0380. The van der Waals surface area contributed by atoms with Crippen LogP contribution in [0, 0.1) is 6.92 Å². The number of benzene rings is 4. The third-order valence-electron chi connectivity index (χ3n) is 7.17. The van der Waals surface area contributed by atoms with Gasteiger partial charge in [0.05, 0.1) is 19.8 Å². The molecular formula is C36H38O6S. The second kappa shape index (κ2) is 15.8. The summed E-state index contributed by atoms with van der Waals surface area (Å²) < 4.78 is 32.2. The van der Waals surface area contributed by atoms with Gasteiger partial charge in [0.2, 0.25) is 0 Å². The van der Waals surface area contributed by atoms with Gasteiger partial charge in [0.25, 0.3) is 0 Å². The summed E-state index contributed by atoms with van der Waals surface area (Å²) in [4.78, 5) is 13.0. The van der Waals surface area contributed by atoms with Crippen molar-refractivity contribution in [2.75, 3.05) is 6.61 Å². The number of rotatable bonds is 13. The normalized spacial score (nSPS) is 21.8. The maximum atomic E-state index is 11.9. The Kier molecular flexibility index (Phi) is 11.4. The van der Waals surface area contributed by atoms with Crippen molar-refractivity contribution in [3.63, 3.8) is 0 Å². The van der Waals surface area contributed by atoms with Crippen molar-refractivity contribution < 1.29 is 28.5 Å². The summed E-state index contributed by atoms with van der Waals surface area (Å²) in [5.41, 5.74) is 3.83. The number of aryl methyl sites for hydroxylation is 1. The van der Waals surface area contributed by atoms with Gasteiger partial charge in [-0.15, -0.1) is 0 Å². The molecule has 0 bridgehead atoms. The first-order valence-corrected chi connectivity index (χ1v) is 15.4. The predicted octanol–water partition coefficient (Wildman–Crippen LogP) is 7.13. The van der Waals surface area contributed by atoms with Gasteiger partial charge in [0.15, 0.2) is 0 Å². The van der Waals surface area contributed by atoms with Crippen LogP contribution in [0.25, 0.3) is 0 Å². The third-order valence-corrected chi connectivity index (χ3v) is 8.33. The molecule has 1 aliphatic heterocycles. The molecule has 1 heterocycles. The fraction of sp³-hybridized carbons (Fsp3) is 0.306. The molecule has 43 heavy (non-hydrogen) atoms. The van der Waals surface area contributed by atoms with Crippen molar-refractivity contribution in [3.05, 3.63) is 138 Å². The van der Waals surface area contributed by atoms with Crippen LogP contribution in [-0.4, -0.2) is 42.4 Å². The third kappa shape index (κ3) is 9.26. The van der Waals surface area contributed by atoms with E-state index < -0.39 is 29.9 Å². The number of hydrogen-bond donors (Lipinski definition) is 0. The molecule has 0 saturated carbocycles. The molecule has 0 spiro atoms. The van der Waals surface area contributed by atoms with Crippen LogP contribution in [-0.2, 0) is 48.3 Å². The zero-order valence-electron chi connectivity index (χ0n) is 24.5. The molecule has 0 aromatic heterocycles. The highest BCUT2D eigenvalue weighted by atomic mass is 32.2. The second-order valence-corrected chi connectivity index (χ2v) is 11.7. The average Bonchev–Trinajstić information content (AvgIpc) is 3.04. The fourth-order valence-electron chi connectivity index (χ4n) is 4.93. The van der Waals surface area contributed by atoms with Crippen molar-refractivity contribution in [1.29, 1.82) is 0 Å². The number of hydrogen-bond acceptors (Lipinski definition) is 7. The lowest BCUT2D eigenvalue weighted by molar-refractivity contribution is -0.253. The van der Waals surface area contributed by atoms with E-state index in [1.807, 2.05) is 91.0 Å². The zero-order valence-corrected chi connectivity index (χ0v) is 25.4. The molecule has 1 saturated heterocycles. The van der Waals surface area contributed by atoms with Gasteiger partial charge in [0, 0.05) is 11.8 Å². The van der Waals surface area contributed by atoms with E-state index in [4.69, 9.17) is 23.7 Å². The number of esters is 1. The van der Waals surface area contributed by atoms with E-state index in [9.17, 15) is 4.79 Å². The first-order valence-electron chi connectivity index (χ1n) is 14.5. The highest BCUT2D eigenvalue weighted by molar-refractivity contribution is 7.99. The van der Waals surface area contributed by atoms with E-state index in [0.29, 0.717) is 19.8 Å². The van der Waals surface area contributed by atoms with Crippen LogP contribution in [0.15, 0.2) is 120 Å². The molecule has 1 fully saturated rings. The Balaban J connectivity index is 1.48. The average molecular weight is 599 g/mol. The zero-order chi connectivity index (χ0) is 29.9. The summed E-state index contributed by atoms with van der Waals surface area (Å²) in [6.07, 6.45) is -2.17. The monoisotopic (exact) mass is 598 g/mol. The first-order chi connectivity index (χ1) is 21.0. The van der Waals surface area contributed by atoms with Crippen LogP contribution in [0.5, 0.6) is 0 Å². The van der Waals surface area contributed by atoms with Crippen LogP contribution in [0.4, 0.5) is 0 Å². The highest BCUT2D eigenvalue weighted by Crippen LogP contribution is 2.38.